The topological polar surface area (TPSA) is 80.8 Å². The van der Waals surface area contributed by atoms with Gasteiger partial charge in [-0.15, -0.1) is 0 Å². The van der Waals surface area contributed by atoms with Gasteiger partial charge in [0.1, 0.15) is 0 Å². The van der Waals surface area contributed by atoms with E-state index in [1.165, 1.54) is 11.8 Å². The molecular formula is C18H19N3O4. The number of aromatic nitrogens is 1. The Bertz CT molecular complexity index is 764. The predicted octanol–water partition coefficient (Wildman–Crippen LogP) is 1.48. The zero-order valence-electron chi connectivity index (χ0n) is 13.9. The molecule has 2 amide bonds. The zero-order chi connectivity index (χ0) is 17.6. The fraction of sp³-hybridized carbons (Fsp3) is 0.278. The molecule has 0 fully saturated rings. The van der Waals surface area contributed by atoms with E-state index in [0.29, 0.717) is 24.6 Å². The third-order valence-corrected chi connectivity index (χ3v) is 3.83. The first-order valence-electron chi connectivity index (χ1n) is 7.91. The smallest absolute Gasteiger partial charge is 0.239 e. The second kappa shape index (κ2) is 7.65. The monoisotopic (exact) mass is 341 g/mol. The van der Waals surface area contributed by atoms with Crippen LogP contribution in [0, 0.1) is 0 Å². The van der Waals surface area contributed by atoms with Gasteiger partial charge in [-0.1, -0.05) is 6.07 Å². The van der Waals surface area contributed by atoms with Crippen LogP contribution in [-0.4, -0.2) is 35.0 Å². The van der Waals surface area contributed by atoms with E-state index in [-0.39, 0.29) is 25.2 Å². The van der Waals surface area contributed by atoms with E-state index in [1.54, 1.807) is 18.5 Å². The van der Waals surface area contributed by atoms with Crippen molar-refractivity contribution in [3.8, 4) is 11.5 Å². The molecule has 25 heavy (non-hydrogen) atoms. The average molecular weight is 341 g/mol. The van der Waals surface area contributed by atoms with Crippen molar-refractivity contribution in [2.75, 3.05) is 13.3 Å². The summed E-state index contributed by atoms with van der Waals surface area (Å²) in [6.45, 7) is 2.37. The summed E-state index contributed by atoms with van der Waals surface area (Å²) in [7, 11) is 0. The molecule has 1 aromatic carbocycles. The van der Waals surface area contributed by atoms with Crippen LogP contribution in [0.4, 0.5) is 0 Å². The third kappa shape index (κ3) is 4.47. The number of pyridine rings is 1. The average Bonchev–Trinajstić information content (AvgIpc) is 3.08. The van der Waals surface area contributed by atoms with Crippen LogP contribution in [0.1, 0.15) is 18.1 Å². The van der Waals surface area contributed by atoms with E-state index in [2.05, 4.69) is 10.3 Å². The van der Waals surface area contributed by atoms with Gasteiger partial charge in [-0.25, -0.2) is 0 Å². The minimum Gasteiger partial charge on any atom is -0.454 e. The number of hydrogen-bond acceptors (Lipinski definition) is 5. The molecule has 0 saturated heterocycles. The fourth-order valence-corrected chi connectivity index (χ4v) is 2.47. The highest BCUT2D eigenvalue weighted by Crippen LogP contribution is 2.32. The molecular weight excluding hydrogens is 322 g/mol. The maximum absolute atomic E-state index is 12.1. The molecule has 3 rings (SSSR count). The van der Waals surface area contributed by atoms with Gasteiger partial charge >= 0.3 is 0 Å². The molecule has 1 aromatic heterocycles. The summed E-state index contributed by atoms with van der Waals surface area (Å²) in [4.78, 5) is 29.4. The Morgan fingerprint density at radius 1 is 1.12 bits per heavy atom. The molecule has 0 spiro atoms. The summed E-state index contributed by atoms with van der Waals surface area (Å²) in [5.41, 5.74) is 1.83. The lowest BCUT2D eigenvalue weighted by molar-refractivity contribution is -0.135. The molecule has 0 radical (unpaired) electrons. The number of fused-ring (bicyclic) bond motifs is 1. The van der Waals surface area contributed by atoms with E-state index in [0.717, 1.165) is 11.1 Å². The number of carbonyl (C=O) groups is 2. The van der Waals surface area contributed by atoms with Crippen molar-refractivity contribution in [1.82, 2.24) is 15.2 Å². The number of hydrogen-bond donors (Lipinski definition) is 1. The summed E-state index contributed by atoms with van der Waals surface area (Å²) < 4.78 is 10.6. The minimum absolute atomic E-state index is 0.00510. The number of rotatable bonds is 6. The Hall–Kier alpha value is -3.09. The van der Waals surface area contributed by atoms with Gasteiger partial charge in [0.05, 0.1) is 6.54 Å². The lowest BCUT2D eigenvalue weighted by Gasteiger charge is -2.21. The van der Waals surface area contributed by atoms with Crippen molar-refractivity contribution < 1.29 is 19.1 Å². The molecule has 1 N–H and O–H groups in total. The van der Waals surface area contributed by atoms with Crippen LogP contribution < -0.4 is 14.8 Å². The Morgan fingerprint density at radius 3 is 2.64 bits per heavy atom. The van der Waals surface area contributed by atoms with Crippen molar-refractivity contribution in [2.24, 2.45) is 0 Å². The van der Waals surface area contributed by atoms with Crippen LogP contribution >= 0.6 is 0 Å². The van der Waals surface area contributed by atoms with Crippen LogP contribution in [0.3, 0.4) is 0 Å². The molecule has 0 unspecified atom stereocenters. The van der Waals surface area contributed by atoms with E-state index < -0.39 is 0 Å². The van der Waals surface area contributed by atoms with E-state index in [9.17, 15) is 9.59 Å². The molecule has 130 valence electrons. The largest absolute Gasteiger partial charge is 0.454 e. The second-order valence-corrected chi connectivity index (χ2v) is 5.69. The molecule has 0 atom stereocenters. The molecule has 1 aliphatic rings. The quantitative estimate of drug-likeness (QED) is 0.861. The van der Waals surface area contributed by atoms with Crippen molar-refractivity contribution in [1.29, 1.82) is 0 Å². The first-order chi connectivity index (χ1) is 12.1. The summed E-state index contributed by atoms with van der Waals surface area (Å²) in [6, 6.07) is 9.15. The SMILES string of the molecule is CC(=O)N(CC(=O)NCc1ccncc1)Cc1ccc2c(c1)OCO2. The van der Waals surface area contributed by atoms with Crippen LogP contribution in [0.25, 0.3) is 0 Å². The summed E-state index contributed by atoms with van der Waals surface area (Å²) >= 11 is 0. The highest BCUT2D eigenvalue weighted by atomic mass is 16.7. The molecule has 1 aliphatic heterocycles. The maximum atomic E-state index is 12.1. The standard InChI is InChI=1S/C18H19N3O4/c1-13(22)21(10-15-2-3-16-17(8-15)25-12-24-16)11-18(23)20-9-14-4-6-19-7-5-14/h2-8H,9-12H2,1H3,(H,20,23). The number of benzene rings is 1. The number of nitrogens with one attached hydrogen (secondary N) is 1. The second-order valence-electron chi connectivity index (χ2n) is 5.69. The third-order valence-electron chi connectivity index (χ3n) is 3.83. The number of nitrogens with zero attached hydrogens (tertiary/aromatic N) is 2. The van der Waals surface area contributed by atoms with Crippen molar-refractivity contribution in [3.05, 3.63) is 53.9 Å². The highest BCUT2D eigenvalue weighted by Gasteiger charge is 2.17. The summed E-state index contributed by atoms with van der Waals surface area (Å²) in [6.07, 6.45) is 3.34. The van der Waals surface area contributed by atoms with Crippen LogP contribution in [0.2, 0.25) is 0 Å². The van der Waals surface area contributed by atoms with Crippen molar-refractivity contribution in [2.45, 2.75) is 20.0 Å². The van der Waals surface area contributed by atoms with Crippen molar-refractivity contribution in [3.63, 3.8) is 0 Å². The fourth-order valence-electron chi connectivity index (χ4n) is 2.47. The molecule has 7 nitrogen and oxygen atoms in total. The van der Waals surface area contributed by atoms with Gasteiger partial charge in [0, 0.05) is 32.4 Å². The normalized spacial score (nSPS) is 11.9. The van der Waals surface area contributed by atoms with Gasteiger partial charge in [0.25, 0.3) is 0 Å². The van der Waals surface area contributed by atoms with E-state index >= 15 is 0 Å². The summed E-state index contributed by atoms with van der Waals surface area (Å²) in [5.74, 6) is 0.959. The van der Waals surface area contributed by atoms with E-state index in [4.69, 9.17) is 9.47 Å². The first kappa shape index (κ1) is 16.8. The maximum Gasteiger partial charge on any atom is 0.239 e. The lowest BCUT2D eigenvalue weighted by Crippen LogP contribution is -2.39. The molecule has 7 heteroatoms. The first-order valence-corrected chi connectivity index (χ1v) is 7.91. The van der Waals surface area contributed by atoms with Crippen LogP contribution in [0.15, 0.2) is 42.7 Å². The number of carbonyl (C=O) groups excluding carboxylic acids is 2. The molecule has 0 saturated carbocycles. The van der Waals surface area contributed by atoms with E-state index in [1.807, 2.05) is 24.3 Å². The summed E-state index contributed by atoms with van der Waals surface area (Å²) in [5, 5.41) is 2.81. The Morgan fingerprint density at radius 2 is 1.88 bits per heavy atom. The predicted molar refractivity (Wildman–Crippen MR) is 89.7 cm³/mol. The van der Waals surface area contributed by atoms with Gasteiger partial charge in [-0.05, 0) is 35.4 Å². The van der Waals surface area contributed by atoms with Gasteiger partial charge in [-0.3, -0.25) is 14.6 Å². The Balaban J connectivity index is 1.57. The lowest BCUT2D eigenvalue weighted by atomic mass is 10.2. The van der Waals surface area contributed by atoms with Gasteiger partial charge < -0.3 is 19.7 Å². The van der Waals surface area contributed by atoms with Gasteiger partial charge in [0.2, 0.25) is 18.6 Å². The van der Waals surface area contributed by atoms with Gasteiger partial charge in [-0.2, -0.15) is 0 Å². The van der Waals surface area contributed by atoms with Crippen LogP contribution in [0.5, 0.6) is 11.5 Å². The van der Waals surface area contributed by atoms with Gasteiger partial charge in [0.15, 0.2) is 11.5 Å². The number of amides is 2. The zero-order valence-corrected chi connectivity index (χ0v) is 13.9. The molecule has 0 aliphatic carbocycles. The Labute approximate surface area is 145 Å². The Kier molecular flexibility index (Phi) is 5.13. The highest BCUT2D eigenvalue weighted by molar-refractivity contribution is 5.83. The molecule has 2 aromatic rings. The molecule has 0 bridgehead atoms. The molecule has 2 heterocycles. The van der Waals surface area contributed by atoms with Crippen molar-refractivity contribution >= 4 is 11.8 Å². The minimum atomic E-state index is -0.215. The number of ether oxygens (including phenoxy) is 2. The van der Waals surface area contributed by atoms with Crippen LogP contribution in [-0.2, 0) is 22.7 Å².